The largest absolute Gasteiger partial charge is 0.369 e. The molecule has 25 heavy (non-hydrogen) atoms. The van der Waals surface area contributed by atoms with Crippen LogP contribution in [0.25, 0.3) is 0 Å². The molecule has 3 heterocycles. The van der Waals surface area contributed by atoms with E-state index in [1.54, 1.807) is 19.4 Å². The molecular formula is C19H31N5O. The Bertz CT molecular complexity index is 587. The van der Waals surface area contributed by atoms with Gasteiger partial charge in [-0.25, -0.2) is 9.97 Å². The van der Waals surface area contributed by atoms with Crippen molar-refractivity contribution in [3.05, 3.63) is 18.2 Å². The fourth-order valence-corrected chi connectivity index (χ4v) is 4.03. The highest BCUT2D eigenvalue weighted by Crippen LogP contribution is 2.35. The van der Waals surface area contributed by atoms with Crippen molar-refractivity contribution in [1.82, 2.24) is 20.2 Å². The van der Waals surface area contributed by atoms with Crippen molar-refractivity contribution in [3.8, 4) is 0 Å². The molecule has 2 aliphatic rings. The molecule has 1 N–H and O–H groups in total. The summed E-state index contributed by atoms with van der Waals surface area (Å²) in [6.45, 7) is 11.7. The molecule has 0 radical (unpaired) electrons. The van der Waals surface area contributed by atoms with Crippen molar-refractivity contribution in [3.63, 3.8) is 0 Å². The van der Waals surface area contributed by atoms with Gasteiger partial charge < -0.3 is 10.2 Å². The molecule has 6 nitrogen and oxygen atoms in total. The summed E-state index contributed by atoms with van der Waals surface area (Å²) in [6.07, 6.45) is 7.24. The van der Waals surface area contributed by atoms with E-state index in [1.807, 2.05) is 0 Å². The normalized spacial score (nSPS) is 23.0. The molecule has 0 saturated carbocycles. The maximum absolute atomic E-state index is 11.5. The number of hydrogen-bond donors (Lipinski definition) is 1. The van der Waals surface area contributed by atoms with Crippen LogP contribution in [0.1, 0.15) is 50.7 Å². The van der Waals surface area contributed by atoms with Crippen LogP contribution in [0.4, 0.5) is 5.69 Å². The number of nitrogens with zero attached hydrogens (tertiary/aromatic N) is 4. The summed E-state index contributed by atoms with van der Waals surface area (Å²) in [4.78, 5) is 24.9. The third-order valence-corrected chi connectivity index (χ3v) is 5.86. The first-order valence-electron chi connectivity index (χ1n) is 9.41. The summed E-state index contributed by atoms with van der Waals surface area (Å²) in [5.74, 6) is 0.801. The fourth-order valence-electron chi connectivity index (χ4n) is 4.03. The molecule has 2 fully saturated rings. The molecule has 6 heteroatoms. The number of aromatic nitrogens is 2. The number of rotatable bonds is 3. The van der Waals surface area contributed by atoms with Gasteiger partial charge in [0.2, 0.25) is 5.82 Å². The third-order valence-electron chi connectivity index (χ3n) is 5.86. The van der Waals surface area contributed by atoms with Gasteiger partial charge in [-0.05, 0) is 37.1 Å². The Morgan fingerprint density at radius 3 is 2.28 bits per heavy atom. The number of amides is 1. The minimum absolute atomic E-state index is 0.228. The van der Waals surface area contributed by atoms with Crippen LogP contribution in [-0.2, 0) is 0 Å². The van der Waals surface area contributed by atoms with Crippen molar-refractivity contribution in [2.45, 2.75) is 46.1 Å². The van der Waals surface area contributed by atoms with Gasteiger partial charge in [-0.15, -0.1) is 0 Å². The topological polar surface area (TPSA) is 61.4 Å². The Kier molecular flexibility index (Phi) is 5.27. The predicted molar refractivity (Wildman–Crippen MR) is 99.8 cm³/mol. The van der Waals surface area contributed by atoms with Gasteiger partial charge in [0.1, 0.15) is 0 Å². The van der Waals surface area contributed by atoms with Crippen LogP contribution in [0, 0.1) is 11.3 Å². The van der Waals surface area contributed by atoms with E-state index in [1.165, 1.54) is 32.4 Å². The van der Waals surface area contributed by atoms with E-state index >= 15 is 0 Å². The maximum atomic E-state index is 11.5. The van der Waals surface area contributed by atoms with Crippen molar-refractivity contribution >= 4 is 11.6 Å². The quantitative estimate of drug-likeness (QED) is 0.910. The lowest BCUT2D eigenvalue weighted by Crippen LogP contribution is -2.44. The Morgan fingerprint density at radius 2 is 1.76 bits per heavy atom. The van der Waals surface area contributed by atoms with Crippen molar-refractivity contribution in [2.75, 3.05) is 38.1 Å². The first-order valence-corrected chi connectivity index (χ1v) is 9.41. The first-order chi connectivity index (χ1) is 11.9. The summed E-state index contributed by atoms with van der Waals surface area (Å²) in [5, 5.41) is 2.55. The number of likely N-dealkylation sites (tertiary alicyclic amines) is 1. The molecule has 1 aromatic rings. The van der Waals surface area contributed by atoms with E-state index in [4.69, 9.17) is 0 Å². The SMILES string of the molecule is CNC(=O)c1ncc(N2CCC(N3CCC(C(C)(C)C)C3)CC2)cn1. The second-order valence-corrected chi connectivity index (χ2v) is 8.41. The van der Waals surface area contributed by atoms with E-state index in [9.17, 15) is 4.79 Å². The lowest BCUT2D eigenvalue weighted by Gasteiger charge is -2.38. The average molecular weight is 345 g/mol. The van der Waals surface area contributed by atoms with E-state index in [-0.39, 0.29) is 11.7 Å². The highest BCUT2D eigenvalue weighted by atomic mass is 16.2. The van der Waals surface area contributed by atoms with Crippen LogP contribution in [0.5, 0.6) is 0 Å². The summed E-state index contributed by atoms with van der Waals surface area (Å²) in [7, 11) is 1.59. The van der Waals surface area contributed by atoms with Gasteiger partial charge in [-0.1, -0.05) is 20.8 Å². The molecule has 1 atom stereocenters. The molecule has 2 saturated heterocycles. The molecule has 1 aromatic heterocycles. The Morgan fingerprint density at radius 1 is 1.12 bits per heavy atom. The number of nitrogens with one attached hydrogen (secondary N) is 1. The molecule has 3 rings (SSSR count). The van der Waals surface area contributed by atoms with Gasteiger partial charge in [0, 0.05) is 32.7 Å². The summed E-state index contributed by atoms with van der Waals surface area (Å²) in [6, 6.07) is 0.703. The van der Waals surface area contributed by atoms with Crippen molar-refractivity contribution in [2.24, 2.45) is 11.3 Å². The minimum Gasteiger partial charge on any atom is -0.369 e. The number of carbonyl (C=O) groups excluding carboxylic acids is 1. The Balaban J connectivity index is 1.53. The lowest BCUT2D eigenvalue weighted by atomic mass is 9.80. The molecular weight excluding hydrogens is 314 g/mol. The smallest absolute Gasteiger partial charge is 0.288 e. The maximum Gasteiger partial charge on any atom is 0.288 e. The standard InChI is InChI=1S/C19H31N5O/c1-19(2,3)14-5-8-24(13-14)15-6-9-23(10-7-15)16-11-21-17(22-12-16)18(25)20-4/h11-12,14-15H,5-10,13H2,1-4H3,(H,20,25). The molecule has 1 unspecified atom stereocenters. The molecule has 1 amide bonds. The summed E-state index contributed by atoms with van der Waals surface area (Å²) >= 11 is 0. The van der Waals surface area contributed by atoms with Gasteiger partial charge in [-0.3, -0.25) is 9.69 Å². The second-order valence-electron chi connectivity index (χ2n) is 8.41. The highest BCUT2D eigenvalue weighted by molar-refractivity contribution is 5.90. The van der Waals surface area contributed by atoms with Gasteiger partial charge in [0.15, 0.2) is 0 Å². The van der Waals surface area contributed by atoms with Gasteiger partial charge in [0.25, 0.3) is 5.91 Å². The van der Waals surface area contributed by atoms with E-state index < -0.39 is 0 Å². The zero-order valence-corrected chi connectivity index (χ0v) is 16.0. The third kappa shape index (κ3) is 4.11. The zero-order chi connectivity index (χ0) is 18.0. The van der Waals surface area contributed by atoms with Crippen LogP contribution in [0.15, 0.2) is 12.4 Å². The lowest BCUT2D eigenvalue weighted by molar-refractivity contribution is 0.0953. The Hall–Kier alpha value is -1.69. The molecule has 0 aromatic carbocycles. The summed E-state index contributed by atoms with van der Waals surface area (Å²) < 4.78 is 0. The highest BCUT2D eigenvalue weighted by Gasteiger charge is 2.35. The van der Waals surface area contributed by atoms with Crippen LogP contribution >= 0.6 is 0 Å². The van der Waals surface area contributed by atoms with Gasteiger partial charge in [-0.2, -0.15) is 0 Å². The van der Waals surface area contributed by atoms with Crippen LogP contribution in [0.2, 0.25) is 0 Å². The van der Waals surface area contributed by atoms with E-state index in [0.717, 1.165) is 24.7 Å². The molecule has 138 valence electrons. The summed E-state index contributed by atoms with van der Waals surface area (Å²) in [5.41, 5.74) is 1.43. The first kappa shape index (κ1) is 18.1. The van der Waals surface area contributed by atoms with Crippen molar-refractivity contribution < 1.29 is 4.79 Å². The zero-order valence-electron chi connectivity index (χ0n) is 16.0. The number of carbonyl (C=O) groups is 1. The van der Waals surface area contributed by atoms with Crippen LogP contribution in [-0.4, -0.2) is 60.0 Å². The number of hydrogen-bond acceptors (Lipinski definition) is 5. The second kappa shape index (κ2) is 7.28. The molecule has 0 spiro atoms. The van der Waals surface area contributed by atoms with Gasteiger partial charge in [0.05, 0.1) is 18.1 Å². The van der Waals surface area contributed by atoms with Crippen LogP contribution in [0.3, 0.4) is 0 Å². The predicted octanol–water partition coefficient (Wildman–Crippen LogP) is 2.17. The molecule has 0 aliphatic carbocycles. The van der Waals surface area contributed by atoms with Crippen LogP contribution < -0.4 is 10.2 Å². The fraction of sp³-hybridized carbons (Fsp3) is 0.737. The number of anilines is 1. The molecule has 2 aliphatic heterocycles. The minimum atomic E-state index is -0.243. The average Bonchev–Trinajstić information content (AvgIpc) is 3.12. The van der Waals surface area contributed by atoms with Gasteiger partial charge >= 0.3 is 0 Å². The molecule has 0 bridgehead atoms. The van der Waals surface area contributed by atoms with Crippen molar-refractivity contribution in [1.29, 1.82) is 0 Å². The van der Waals surface area contributed by atoms with E-state index in [0.29, 0.717) is 11.5 Å². The Labute approximate surface area is 151 Å². The number of piperidine rings is 1. The van der Waals surface area contributed by atoms with E-state index in [2.05, 4.69) is 45.9 Å². The monoisotopic (exact) mass is 345 g/mol.